The molecular formula is C20H23N3O2. The second kappa shape index (κ2) is 6.18. The third kappa shape index (κ3) is 3.02. The topological polar surface area (TPSA) is 64.4 Å². The van der Waals surface area contributed by atoms with Crippen LogP contribution in [-0.2, 0) is 4.79 Å². The summed E-state index contributed by atoms with van der Waals surface area (Å²) in [5, 5.41) is 8.88. The number of piperidine rings is 1. The third-order valence-corrected chi connectivity index (χ3v) is 5.90. The highest BCUT2D eigenvalue weighted by Crippen LogP contribution is 2.42. The van der Waals surface area contributed by atoms with Crippen LogP contribution in [-0.4, -0.2) is 47.8 Å². The zero-order valence-electron chi connectivity index (χ0n) is 14.4. The predicted octanol–water partition coefficient (Wildman–Crippen LogP) is 2.42. The Kier molecular flexibility index (Phi) is 3.99. The molecule has 1 spiro atoms. The highest BCUT2D eigenvalue weighted by Gasteiger charge is 2.49. The van der Waals surface area contributed by atoms with Crippen LogP contribution in [0.3, 0.4) is 0 Å². The highest BCUT2D eigenvalue weighted by molar-refractivity contribution is 5.95. The van der Waals surface area contributed by atoms with Crippen LogP contribution >= 0.6 is 0 Å². The van der Waals surface area contributed by atoms with Crippen molar-refractivity contribution in [1.29, 1.82) is 5.26 Å². The van der Waals surface area contributed by atoms with Crippen LogP contribution in [0.4, 0.5) is 0 Å². The van der Waals surface area contributed by atoms with Gasteiger partial charge in [0.2, 0.25) is 5.91 Å². The maximum Gasteiger partial charge on any atom is 0.253 e. The Bertz CT molecular complexity index is 732. The van der Waals surface area contributed by atoms with E-state index in [1.807, 2.05) is 4.90 Å². The van der Waals surface area contributed by atoms with Crippen LogP contribution in [0.2, 0.25) is 0 Å². The van der Waals surface area contributed by atoms with Crippen LogP contribution in [0.25, 0.3) is 0 Å². The number of hydrogen-bond donors (Lipinski definition) is 0. The summed E-state index contributed by atoms with van der Waals surface area (Å²) >= 11 is 0. The van der Waals surface area contributed by atoms with Crippen molar-refractivity contribution in [2.45, 2.75) is 32.1 Å². The van der Waals surface area contributed by atoms with E-state index in [0.29, 0.717) is 30.1 Å². The van der Waals surface area contributed by atoms with Crippen molar-refractivity contribution in [3.63, 3.8) is 0 Å². The van der Waals surface area contributed by atoms with Gasteiger partial charge in [-0.2, -0.15) is 5.26 Å². The van der Waals surface area contributed by atoms with Crippen molar-refractivity contribution in [1.82, 2.24) is 9.80 Å². The molecule has 0 N–H and O–H groups in total. The van der Waals surface area contributed by atoms with Crippen molar-refractivity contribution < 1.29 is 9.59 Å². The lowest BCUT2D eigenvalue weighted by atomic mass is 9.78. The van der Waals surface area contributed by atoms with Crippen molar-refractivity contribution in [2.24, 2.45) is 11.3 Å². The monoisotopic (exact) mass is 337 g/mol. The number of benzene rings is 1. The van der Waals surface area contributed by atoms with Gasteiger partial charge >= 0.3 is 0 Å². The largest absolute Gasteiger partial charge is 0.342 e. The molecule has 5 nitrogen and oxygen atoms in total. The van der Waals surface area contributed by atoms with Crippen molar-refractivity contribution >= 4 is 11.8 Å². The molecule has 1 atom stereocenters. The smallest absolute Gasteiger partial charge is 0.253 e. The zero-order chi connectivity index (χ0) is 17.4. The molecule has 0 aromatic heterocycles. The standard InChI is InChI=1S/C20H23N3O2/c21-12-15-4-6-17(7-5-15)18(24)23-11-9-20(14-23)8-1-10-22(19(20)25)13-16-2-3-16/h4-7,16H,1-3,8-11,13-14H2. The number of likely N-dealkylation sites (tertiary alicyclic amines) is 2. The Morgan fingerprint density at radius 3 is 2.64 bits per heavy atom. The number of carbonyl (C=O) groups excluding carboxylic acids is 2. The van der Waals surface area contributed by atoms with Crippen molar-refractivity contribution in [2.75, 3.05) is 26.2 Å². The first-order valence-corrected chi connectivity index (χ1v) is 9.20. The van der Waals surface area contributed by atoms with E-state index < -0.39 is 0 Å². The summed E-state index contributed by atoms with van der Waals surface area (Å²) in [5.41, 5.74) is 0.775. The van der Waals surface area contributed by atoms with Gasteiger partial charge in [-0.1, -0.05) is 0 Å². The number of rotatable bonds is 3. The van der Waals surface area contributed by atoms with Crippen molar-refractivity contribution in [3.05, 3.63) is 35.4 Å². The van der Waals surface area contributed by atoms with E-state index >= 15 is 0 Å². The first-order chi connectivity index (χ1) is 12.1. The summed E-state index contributed by atoms with van der Waals surface area (Å²) < 4.78 is 0. The second-order valence-electron chi connectivity index (χ2n) is 7.74. The summed E-state index contributed by atoms with van der Waals surface area (Å²) in [7, 11) is 0. The molecule has 2 amide bonds. The summed E-state index contributed by atoms with van der Waals surface area (Å²) in [6, 6.07) is 8.81. The van der Waals surface area contributed by atoms with Crippen LogP contribution in [0, 0.1) is 22.7 Å². The van der Waals surface area contributed by atoms with Gasteiger partial charge < -0.3 is 9.80 Å². The summed E-state index contributed by atoms with van der Waals surface area (Å²) in [5.74, 6) is 0.936. The minimum absolute atomic E-state index is 0.0338. The number of nitrogens with zero attached hydrogens (tertiary/aromatic N) is 3. The van der Waals surface area contributed by atoms with E-state index in [9.17, 15) is 9.59 Å². The predicted molar refractivity (Wildman–Crippen MR) is 92.6 cm³/mol. The Balaban J connectivity index is 1.46. The molecule has 3 aliphatic rings. The number of carbonyl (C=O) groups is 2. The van der Waals surface area contributed by atoms with E-state index in [-0.39, 0.29) is 17.2 Å². The fourth-order valence-corrected chi connectivity index (χ4v) is 4.23. The second-order valence-corrected chi connectivity index (χ2v) is 7.74. The molecule has 4 rings (SSSR count). The van der Waals surface area contributed by atoms with Crippen LogP contribution in [0.15, 0.2) is 24.3 Å². The molecule has 1 aromatic rings. The molecule has 1 aliphatic carbocycles. The Morgan fingerprint density at radius 2 is 1.96 bits per heavy atom. The van der Waals surface area contributed by atoms with Gasteiger partial charge in [0.15, 0.2) is 0 Å². The molecule has 1 saturated carbocycles. The molecular weight excluding hydrogens is 314 g/mol. The van der Waals surface area contributed by atoms with Gasteiger partial charge in [-0.15, -0.1) is 0 Å². The first kappa shape index (κ1) is 16.1. The SMILES string of the molecule is N#Cc1ccc(C(=O)N2CCC3(CCCN(CC4CC4)C3=O)C2)cc1. The van der Waals surface area contributed by atoms with Crippen molar-refractivity contribution in [3.8, 4) is 6.07 Å². The van der Waals surface area contributed by atoms with E-state index in [0.717, 1.165) is 32.4 Å². The third-order valence-electron chi connectivity index (χ3n) is 5.90. The number of hydrogen-bond acceptors (Lipinski definition) is 3. The number of amides is 2. The van der Waals surface area contributed by atoms with Gasteiger partial charge in [0, 0.05) is 31.7 Å². The van der Waals surface area contributed by atoms with Gasteiger partial charge in [-0.25, -0.2) is 0 Å². The molecule has 25 heavy (non-hydrogen) atoms. The summed E-state index contributed by atoms with van der Waals surface area (Å²) in [6.45, 7) is 2.96. The van der Waals surface area contributed by atoms with Crippen LogP contribution in [0.1, 0.15) is 48.0 Å². The Morgan fingerprint density at radius 1 is 1.20 bits per heavy atom. The molecule has 1 unspecified atom stereocenters. The summed E-state index contributed by atoms with van der Waals surface area (Å²) in [6.07, 6.45) is 5.21. The fourth-order valence-electron chi connectivity index (χ4n) is 4.23. The molecule has 0 bridgehead atoms. The first-order valence-electron chi connectivity index (χ1n) is 9.20. The van der Waals surface area contributed by atoms with E-state index in [2.05, 4.69) is 11.0 Å². The Labute approximate surface area is 148 Å². The summed E-state index contributed by atoms with van der Waals surface area (Å²) in [4.78, 5) is 29.7. The minimum Gasteiger partial charge on any atom is -0.342 e. The van der Waals surface area contributed by atoms with Crippen LogP contribution in [0.5, 0.6) is 0 Å². The maximum atomic E-state index is 13.1. The molecule has 0 radical (unpaired) electrons. The average molecular weight is 337 g/mol. The quantitative estimate of drug-likeness (QED) is 0.851. The van der Waals surface area contributed by atoms with Crippen LogP contribution < -0.4 is 0 Å². The highest BCUT2D eigenvalue weighted by atomic mass is 16.2. The lowest BCUT2D eigenvalue weighted by Crippen LogP contribution is -2.50. The van der Waals surface area contributed by atoms with Gasteiger partial charge in [0.1, 0.15) is 0 Å². The normalized spacial score (nSPS) is 26.1. The lowest BCUT2D eigenvalue weighted by molar-refractivity contribution is -0.145. The van der Waals surface area contributed by atoms with E-state index in [4.69, 9.17) is 5.26 Å². The van der Waals surface area contributed by atoms with Gasteiger partial charge in [0.05, 0.1) is 17.0 Å². The molecule has 2 heterocycles. The van der Waals surface area contributed by atoms with Gasteiger partial charge in [-0.05, 0) is 62.3 Å². The lowest BCUT2D eigenvalue weighted by Gasteiger charge is -2.39. The molecule has 2 aliphatic heterocycles. The molecule has 1 aromatic carbocycles. The molecule has 2 saturated heterocycles. The molecule has 3 fully saturated rings. The minimum atomic E-state index is -0.366. The Hall–Kier alpha value is -2.35. The van der Waals surface area contributed by atoms with Gasteiger partial charge in [-0.3, -0.25) is 9.59 Å². The molecule has 5 heteroatoms. The van der Waals surface area contributed by atoms with E-state index in [1.165, 1.54) is 12.8 Å². The van der Waals surface area contributed by atoms with Gasteiger partial charge in [0.25, 0.3) is 5.91 Å². The number of nitriles is 1. The zero-order valence-corrected chi connectivity index (χ0v) is 14.4. The van der Waals surface area contributed by atoms with E-state index in [1.54, 1.807) is 24.3 Å². The molecule has 130 valence electrons. The maximum absolute atomic E-state index is 13.1. The average Bonchev–Trinajstić information content (AvgIpc) is 3.36. The fraction of sp³-hybridized carbons (Fsp3) is 0.550.